The van der Waals surface area contributed by atoms with Crippen LogP contribution in [-0.4, -0.2) is 17.9 Å². The van der Waals surface area contributed by atoms with Crippen molar-refractivity contribution in [2.45, 2.75) is 19.5 Å². The standard InChI is InChI=1S/C32H25NO5/c1-20-11-16-27-26(17-20)30(34)28-29(22-7-6-10-25(18-22)37-24-8-4-3-5-9-24)33(32(35)31(28)38-27)19-21-12-14-23(36-2)15-13-21/h3-18,29H,19H2,1-2H3. The van der Waals surface area contributed by atoms with Crippen molar-refractivity contribution >= 4 is 16.9 Å². The molecule has 1 aromatic heterocycles. The molecule has 0 aliphatic carbocycles. The minimum atomic E-state index is -0.639. The highest BCUT2D eigenvalue weighted by Gasteiger charge is 2.42. The predicted molar refractivity (Wildman–Crippen MR) is 145 cm³/mol. The highest BCUT2D eigenvalue weighted by molar-refractivity contribution is 5.99. The van der Waals surface area contributed by atoms with E-state index in [1.54, 1.807) is 18.1 Å². The number of rotatable bonds is 6. The fourth-order valence-electron chi connectivity index (χ4n) is 4.94. The smallest absolute Gasteiger partial charge is 0.291 e. The SMILES string of the molecule is COc1ccc(CN2C(=O)c3oc4ccc(C)cc4c(=O)c3C2c2cccc(Oc3ccccc3)c2)cc1. The van der Waals surface area contributed by atoms with Crippen LogP contribution in [0.1, 0.15) is 38.9 Å². The second kappa shape index (κ2) is 9.56. The first-order valence-electron chi connectivity index (χ1n) is 12.4. The van der Waals surface area contributed by atoms with Crippen molar-refractivity contribution in [3.63, 3.8) is 0 Å². The zero-order valence-electron chi connectivity index (χ0n) is 21.0. The number of para-hydroxylation sites is 1. The van der Waals surface area contributed by atoms with E-state index in [4.69, 9.17) is 13.9 Å². The Morgan fingerprint density at radius 2 is 1.58 bits per heavy atom. The molecule has 6 heteroatoms. The lowest BCUT2D eigenvalue weighted by Crippen LogP contribution is -2.29. The first-order valence-corrected chi connectivity index (χ1v) is 12.4. The van der Waals surface area contributed by atoms with Crippen LogP contribution in [0.25, 0.3) is 11.0 Å². The first kappa shape index (κ1) is 23.6. The summed E-state index contributed by atoms with van der Waals surface area (Å²) in [7, 11) is 1.61. The van der Waals surface area contributed by atoms with Crippen LogP contribution in [-0.2, 0) is 6.54 Å². The molecule has 38 heavy (non-hydrogen) atoms. The molecule has 0 fully saturated rings. The van der Waals surface area contributed by atoms with Gasteiger partial charge < -0.3 is 18.8 Å². The molecule has 2 heterocycles. The van der Waals surface area contributed by atoms with Crippen LogP contribution in [0.3, 0.4) is 0 Å². The number of carbonyl (C=O) groups is 1. The molecule has 6 nitrogen and oxygen atoms in total. The normalized spacial score (nSPS) is 14.5. The van der Waals surface area contributed by atoms with Gasteiger partial charge in [0, 0.05) is 6.54 Å². The number of hydrogen-bond donors (Lipinski definition) is 0. The van der Waals surface area contributed by atoms with E-state index in [2.05, 4.69) is 0 Å². The number of fused-ring (bicyclic) bond motifs is 2. The summed E-state index contributed by atoms with van der Waals surface area (Å²) >= 11 is 0. The third kappa shape index (κ3) is 4.20. The van der Waals surface area contributed by atoms with Gasteiger partial charge in [-0.05, 0) is 66.6 Å². The molecule has 0 N–H and O–H groups in total. The molecule has 1 aliphatic heterocycles. The number of nitrogens with zero attached hydrogens (tertiary/aromatic N) is 1. The monoisotopic (exact) mass is 503 g/mol. The van der Waals surface area contributed by atoms with Gasteiger partial charge in [-0.15, -0.1) is 0 Å². The average molecular weight is 504 g/mol. The van der Waals surface area contributed by atoms with Gasteiger partial charge in [0.2, 0.25) is 5.76 Å². The van der Waals surface area contributed by atoms with Crippen LogP contribution in [0.2, 0.25) is 0 Å². The molecule has 4 aromatic carbocycles. The van der Waals surface area contributed by atoms with Crippen molar-refractivity contribution in [2.24, 2.45) is 0 Å². The molecule has 0 saturated carbocycles. The first-order chi connectivity index (χ1) is 18.5. The van der Waals surface area contributed by atoms with Crippen molar-refractivity contribution in [1.29, 1.82) is 0 Å². The summed E-state index contributed by atoms with van der Waals surface area (Å²) in [5, 5.41) is 0.463. The van der Waals surface area contributed by atoms with Crippen molar-refractivity contribution in [3.05, 3.63) is 135 Å². The number of carbonyl (C=O) groups excluding carboxylic acids is 1. The van der Waals surface area contributed by atoms with Crippen molar-refractivity contribution in [2.75, 3.05) is 7.11 Å². The minimum absolute atomic E-state index is 0.0826. The van der Waals surface area contributed by atoms with Gasteiger partial charge in [-0.1, -0.05) is 54.1 Å². The van der Waals surface area contributed by atoms with Crippen LogP contribution in [0.4, 0.5) is 0 Å². The summed E-state index contributed by atoms with van der Waals surface area (Å²) < 4.78 is 17.4. The van der Waals surface area contributed by atoms with Crippen LogP contribution >= 0.6 is 0 Å². The molecule has 0 bridgehead atoms. The van der Waals surface area contributed by atoms with E-state index in [1.807, 2.05) is 97.9 Å². The summed E-state index contributed by atoms with van der Waals surface area (Å²) in [5.74, 6) is 1.79. The summed E-state index contributed by atoms with van der Waals surface area (Å²) in [6, 6.07) is 29.3. The Balaban J connectivity index is 1.48. The van der Waals surface area contributed by atoms with E-state index in [9.17, 15) is 9.59 Å². The number of methoxy groups -OCH3 is 1. The van der Waals surface area contributed by atoms with Crippen molar-refractivity contribution < 1.29 is 18.7 Å². The van der Waals surface area contributed by atoms with Crippen LogP contribution in [0, 0.1) is 6.92 Å². The molecule has 0 spiro atoms. The van der Waals surface area contributed by atoms with Crippen LogP contribution in [0.15, 0.2) is 106 Å². The van der Waals surface area contributed by atoms with E-state index in [-0.39, 0.29) is 23.6 Å². The van der Waals surface area contributed by atoms with Crippen molar-refractivity contribution in [1.82, 2.24) is 4.90 Å². The Labute approximate surface area is 219 Å². The molecule has 1 amide bonds. The van der Waals surface area contributed by atoms with Gasteiger partial charge >= 0.3 is 0 Å². The van der Waals surface area contributed by atoms with E-state index in [0.29, 0.717) is 28.0 Å². The molecular weight excluding hydrogens is 478 g/mol. The van der Waals surface area contributed by atoms with Crippen molar-refractivity contribution in [3.8, 4) is 17.2 Å². The van der Waals surface area contributed by atoms with E-state index >= 15 is 0 Å². The molecule has 0 saturated heterocycles. The molecule has 1 aliphatic rings. The number of hydrogen-bond acceptors (Lipinski definition) is 5. The summed E-state index contributed by atoms with van der Waals surface area (Å²) in [4.78, 5) is 29.3. The maximum Gasteiger partial charge on any atom is 0.291 e. The van der Waals surface area contributed by atoms with Gasteiger partial charge in [0.15, 0.2) is 5.43 Å². The Morgan fingerprint density at radius 3 is 2.34 bits per heavy atom. The number of aryl methyl sites for hydroxylation is 1. The van der Waals surface area contributed by atoms with Gasteiger partial charge in [-0.3, -0.25) is 9.59 Å². The topological polar surface area (TPSA) is 69.0 Å². The molecule has 188 valence electrons. The highest BCUT2D eigenvalue weighted by atomic mass is 16.5. The number of benzene rings is 4. The van der Waals surface area contributed by atoms with Gasteiger partial charge in [0.1, 0.15) is 22.8 Å². The third-order valence-electron chi connectivity index (χ3n) is 6.79. The van der Waals surface area contributed by atoms with Gasteiger partial charge in [-0.25, -0.2) is 0 Å². The molecule has 6 rings (SSSR count). The van der Waals surface area contributed by atoms with E-state index in [0.717, 1.165) is 22.4 Å². The Hall–Kier alpha value is -4.84. The summed E-state index contributed by atoms with van der Waals surface area (Å²) in [5.41, 5.74) is 3.16. The summed E-state index contributed by atoms with van der Waals surface area (Å²) in [6.45, 7) is 2.21. The quantitative estimate of drug-likeness (QED) is 0.260. The maximum atomic E-state index is 13.9. The zero-order chi connectivity index (χ0) is 26.2. The Kier molecular flexibility index (Phi) is 5.92. The molecule has 5 aromatic rings. The van der Waals surface area contributed by atoms with Gasteiger partial charge in [-0.2, -0.15) is 0 Å². The molecule has 1 unspecified atom stereocenters. The molecule has 0 radical (unpaired) electrons. The third-order valence-corrected chi connectivity index (χ3v) is 6.79. The maximum absolute atomic E-state index is 13.9. The highest BCUT2D eigenvalue weighted by Crippen LogP contribution is 2.40. The Morgan fingerprint density at radius 1 is 0.816 bits per heavy atom. The molecular formula is C32H25NO5. The fraction of sp³-hybridized carbons (Fsp3) is 0.125. The van der Waals surface area contributed by atoms with Gasteiger partial charge in [0.05, 0.1) is 24.1 Å². The average Bonchev–Trinajstić information content (AvgIpc) is 3.21. The second-order valence-electron chi connectivity index (χ2n) is 9.34. The predicted octanol–water partition coefficient (Wildman–Crippen LogP) is 6.65. The van der Waals surface area contributed by atoms with Crippen LogP contribution < -0.4 is 14.9 Å². The Bertz CT molecular complexity index is 1710. The minimum Gasteiger partial charge on any atom is -0.497 e. The van der Waals surface area contributed by atoms with Crippen LogP contribution in [0.5, 0.6) is 17.2 Å². The number of amides is 1. The zero-order valence-corrected chi connectivity index (χ0v) is 21.0. The number of ether oxygens (including phenoxy) is 2. The lowest BCUT2D eigenvalue weighted by Gasteiger charge is -2.25. The van der Waals surface area contributed by atoms with Gasteiger partial charge in [0.25, 0.3) is 5.91 Å². The summed E-state index contributed by atoms with van der Waals surface area (Å²) in [6.07, 6.45) is 0. The van der Waals surface area contributed by atoms with E-state index in [1.165, 1.54) is 0 Å². The van der Waals surface area contributed by atoms with E-state index < -0.39 is 6.04 Å². The largest absolute Gasteiger partial charge is 0.497 e. The fourth-order valence-corrected chi connectivity index (χ4v) is 4.94. The lowest BCUT2D eigenvalue weighted by atomic mass is 9.97. The lowest BCUT2D eigenvalue weighted by molar-refractivity contribution is 0.0714. The second-order valence-corrected chi connectivity index (χ2v) is 9.34. The molecule has 1 atom stereocenters.